The van der Waals surface area contributed by atoms with Gasteiger partial charge in [-0.1, -0.05) is 25.5 Å². The van der Waals surface area contributed by atoms with E-state index >= 15 is 0 Å². The Morgan fingerprint density at radius 3 is 3.11 bits per heavy atom. The summed E-state index contributed by atoms with van der Waals surface area (Å²) < 4.78 is 5.69. The predicted octanol–water partition coefficient (Wildman–Crippen LogP) is 2.58. The van der Waals surface area contributed by atoms with E-state index in [1.165, 1.54) is 5.56 Å². The number of fused-ring (bicyclic) bond motifs is 1. The Balaban J connectivity index is 1.97. The van der Waals surface area contributed by atoms with Gasteiger partial charge in [-0.15, -0.1) is 0 Å². The molecule has 0 saturated carbocycles. The second-order valence-corrected chi connectivity index (χ2v) is 5.68. The minimum Gasteiger partial charge on any atom is -0.492 e. The second kappa shape index (κ2) is 4.97. The molecule has 1 fully saturated rings. The number of carbonyl (C=O) groups is 1. The Labute approximate surface area is 114 Å². The van der Waals surface area contributed by atoms with Crippen molar-refractivity contribution < 1.29 is 9.53 Å². The van der Waals surface area contributed by atoms with Gasteiger partial charge >= 0.3 is 0 Å². The van der Waals surface area contributed by atoms with Crippen LogP contribution in [0.15, 0.2) is 18.2 Å². The van der Waals surface area contributed by atoms with E-state index in [1.807, 2.05) is 12.1 Å². The molecule has 19 heavy (non-hydrogen) atoms. The molecule has 3 heteroatoms. The molecule has 3 nitrogen and oxygen atoms in total. The summed E-state index contributed by atoms with van der Waals surface area (Å²) in [6, 6.07) is 5.99. The molecule has 2 aliphatic rings. The highest BCUT2D eigenvalue weighted by molar-refractivity contribution is 6.03. The SMILES string of the molecule is CCCC1(C(=O)c2cccc3c2OCC3)CCNC1. The summed E-state index contributed by atoms with van der Waals surface area (Å²) in [5, 5.41) is 3.35. The monoisotopic (exact) mass is 259 g/mol. The Hall–Kier alpha value is -1.35. The van der Waals surface area contributed by atoms with Gasteiger partial charge in [0.1, 0.15) is 5.75 Å². The molecule has 0 radical (unpaired) electrons. The fourth-order valence-corrected chi connectivity index (χ4v) is 3.42. The lowest BCUT2D eigenvalue weighted by molar-refractivity contribution is 0.0798. The molecule has 1 atom stereocenters. The van der Waals surface area contributed by atoms with Crippen LogP contribution in [0.3, 0.4) is 0 Å². The third kappa shape index (κ3) is 2.06. The number of nitrogens with one attached hydrogen (secondary N) is 1. The van der Waals surface area contributed by atoms with E-state index in [1.54, 1.807) is 0 Å². The largest absolute Gasteiger partial charge is 0.492 e. The lowest BCUT2D eigenvalue weighted by Crippen LogP contribution is -2.33. The van der Waals surface area contributed by atoms with Gasteiger partial charge in [-0.05, 0) is 31.0 Å². The molecule has 1 saturated heterocycles. The zero-order valence-corrected chi connectivity index (χ0v) is 11.5. The molecule has 1 unspecified atom stereocenters. The van der Waals surface area contributed by atoms with Gasteiger partial charge in [0, 0.05) is 18.4 Å². The van der Waals surface area contributed by atoms with E-state index in [9.17, 15) is 4.79 Å². The normalized spacial score (nSPS) is 25.1. The first-order valence-corrected chi connectivity index (χ1v) is 7.27. The standard InChI is InChI=1S/C16H21NO2/c1-2-7-16(8-9-17-11-16)15(18)13-5-3-4-12-6-10-19-14(12)13/h3-5,17H,2,6-11H2,1H3. The van der Waals surface area contributed by atoms with Crippen LogP contribution in [-0.4, -0.2) is 25.5 Å². The minimum atomic E-state index is -0.212. The average Bonchev–Trinajstić information content (AvgIpc) is 3.06. The van der Waals surface area contributed by atoms with Crippen molar-refractivity contribution in [2.45, 2.75) is 32.6 Å². The first kappa shape index (κ1) is 12.7. The number of ketones is 1. The molecular formula is C16H21NO2. The second-order valence-electron chi connectivity index (χ2n) is 5.68. The molecule has 3 rings (SSSR count). The van der Waals surface area contributed by atoms with Crippen molar-refractivity contribution in [3.63, 3.8) is 0 Å². The van der Waals surface area contributed by atoms with Gasteiger partial charge in [-0.3, -0.25) is 4.79 Å². The van der Waals surface area contributed by atoms with Crippen molar-refractivity contribution in [2.75, 3.05) is 19.7 Å². The summed E-state index contributed by atoms with van der Waals surface area (Å²) >= 11 is 0. The highest BCUT2D eigenvalue weighted by atomic mass is 16.5. The quantitative estimate of drug-likeness (QED) is 0.845. The van der Waals surface area contributed by atoms with E-state index < -0.39 is 0 Å². The smallest absolute Gasteiger partial charge is 0.174 e. The lowest BCUT2D eigenvalue weighted by atomic mass is 9.75. The van der Waals surface area contributed by atoms with Gasteiger partial charge in [-0.2, -0.15) is 0 Å². The van der Waals surface area contributed by atoms with Crippen molar-refractivity contribution in [1.29, 1.82) is 0 Å². The van der Waals surface area contributed by atoms with E-state index in [4.69, 9.17) is 4.74 Å². The van der Waals surface area contributed by atoms with Gasteiger partial charge in [0.25, 0.3) is 0 Å². The summed E-state index contributed by atoms with van der Waals surface area (Å²) in [5.41, 5.74) is 1.77. The van der Waals surface area contributed by atoms with Crippen LogP contribution in [0.4, 0.5) is 0 Å². The highest BCUT2D eigenvalue weighted by Crippen LogP contribution is 2.39. The summed E-state index contributed by atoms with van der Waals surface area (Å²) in [6.07, 6.45) is 3.88. The topological polar surface area (TPSA) is 38.3 Å². The van der Waals surface area contributed by atoms with Crippen LogP contribution in [0.2, 0.25) is 0 Å². The van der Waals surface area contributed by atoms with Gasteiger partial charge in [0.2, 0.25) is 0 Å². The Morgan fingerprint density at radius 2 is 2.37 bits per heavy atom. The van der Waals surface area contributed by atoms with Gasteiger partial charge in [-0.25, -0.2) is 0 Å². The molecule has 0 spiro atoms. The zero-order chi connectivity index (χ0) is 13.3. The summed E-state index contributed by atoms with van der Waals surface area (Å²) in [6.45, 7) is 4.61. The molecule has 1 aromatic rings. The van der Waals surface area contributed by atoms with Crippen molar-refractivity contribution >= 4 is 5.78 Å². The first-order chi connectivity index (χ1) is 9.27. The fourth-order valence-electron chi connectivity index (χ4n) is 3.42. The van der Waals surface area contributed by atoms with Crippen LogP contribution in [0.25, 0.3) is 0 Å². The highest BCUT2D eigenvalue weighted by Gasteiger charge is 2.42. The summed E-state index contributed by atoms with van der Waals surface area (Å²) in [7, 11) is 0. The Bertz CT molecular complexity index is 490. The summed E-state index contributed by atoms with van der Waals surface area (Å²) in [5.74, 6) is 1.12. The van der Waals surface area contributed by atoms with E-state index in [2.05, 4.69) is 18.3 Å². The van der Waals surface area contributed by atoms with Crippen molar-refractivity contribution in [2.24, 2.45) is 5.41 Å². The molecule has 1 N–H and O–H groups in total. The van der Waals surface area contributed by atoms with Crippen LogP contribution >= 0.6 is 0 Å². The first-order valence-electron chi connectivity index (χ1n) is 7.27. The summed E-state index contributed by atoms with van der Waals surface area (Å²) in [4.78, 5) is 13.0. The fraction of sp³-hybridized carbons (Fsp3) is 0.562. The number of carbonyl (C=O) groups excluding carboxylic acids is 1. The van der Waals surface area contributed by atoms with Crippen molar-refractivity contribution in [3.05, 3.63) is 29.3 Å². The molecule has 2 aliphatic heterocycles. The van der Waals surface area contributed by atoms with Crippen LogP contribution in [0.1, 0.15) is 42.1 Å². The molecule has 0 bridgehead atoms. The number of para-hydroxylation sites is 1. The van der Waals surface area contributed by atoms with E-state index in [0.717, 1.165) is 50.1 Å². The maximum Gasteiger partial charge on any atom is 0.174 e. The maximum absolute atomic E-state index is 13.0. The number of hydrogen-bond acceptors (Lipinski definition) is 3. The van der Waals surface area contributed by atoms with Crippen LogP contribution < -0.4 is 10.1 Å². The van der Waals surface area contributed by atoms with Gasteiger partial charge in [0.15, 0.2) is 5.78 Å². The third-order valence-corrected chi connectivity index (χ3v) is 4.41. The van der Waals surface area contributed by atoms with E-state index in [0.29, 0.717) is 6.61 Å². The molecule has 0 aliphatic carbocycles. The molecular weight excluding hydrogens is 238 g/mol. The van der Waals surface area contributed by atoms with E-state index in [-0.39, 0.29) is 11.2 Å². The Morgan fingerprint density at radius 1 is 1.47 bits per heavy atom. The maximum atomic E-state index is 13.0. The van der Waals surface area contributed by atoms with Crippen LogP contribution in [-0.2, 0) is 6.42 Å². The van der Waals surface area contributed by atoms with Crippen molar-refractivity contribution in [3.8, 4) is 5.75 Å². The lowest BCUT2D eigenvalue weighted by Gasteiger charge is -2.26. The van der Waals surface area contributed by atoms with Crippen LogP contribution in [0, 0.1) is 5.41 Å². The molecule has 1 aromatic carbocycles. The predicted molar refractivity (Wildman–Crippen MR) is 74.8 cm³/mol. The molecule has 2 heterocycles. The average molecular weight is 259 g/mol. The number of Topliss-reactive ketones (excluding diaryl/α,β-unsaturated/α-hetero) is 1. The van der Waals surface area contributed by atoms with Crippen molar-refractivity contribution in [1.82, 2.24) is 5.32 Å². The molecule has 0 amide bonds. The number of benzene rings is 1. The number of ether oxygens (including phenoxy) is 1. The number of rotatable bonds is 4. The van der Waals surface area contributed by atoms with Gasteiger partial charge < -0.3 is 10.1 Å². The molecule has 102 valence electrons. The zero-order valence-electron chi connectivity index (χ0n) is 11.5. The Kier molecular flexibility index (Phi) is 3.31. The third-order valence-electron chi connectivity index (χ3n) is 4.41. The minimum absolute atomic E-state index is 0.212. The molecule has 0 aromatic heterocycles. The number of hydrogen-bond donors (Lipinski definition) is 1. The van der Waals surface area contributed by atoms with Gasteiger partial charge in [0.05, 0.1) is 12.2 Å². The van der Waals surface area contributed by atoms with Crippen LogP contribution in [0.5, 0.6) is 5.75 Å².